The molecule has 0 heterocycles. The summed E-state index contributed by atoms with van der Waals surface area (Å²) < 4.78 is 0. The highest BCUT2D eigenvalue weighted by atomic mass is 16.2. The van der Waals surface area contributed by atoms with Gasteiger partial charge in [0.25, 0.3) is 0 Å². The molecule has 0 aliphatic rings. The average Bonchev–Trinajstić information content (AvgIpc) is 2.18. The number of carbonyl (C=O) groups excluding carboxylic acids is 2. The van der Waals surface area contributed by atoms with Crippen LogP contribution in [0, 0.1) is 0 Å². The monoisotopic (exact) mass is 209 g/mol. The molecule has 3 heteroatoms. The predicted octanol–water partition coefficient (Wildman–Crippen LogP) is 1.95. The lowest BCUT2D eigenvalue weighted by Gasteiger charge is -2.18. The molecule has 0 saturated carbocycles. The van der Waals surface area contributed by atoms with Crippen LogP contribution in [0.4, 0.5) is 0 Å². The number of allylic oxidation sites excluding steroid dienone is 3. The normalized spacial score (nSPS) is 11.9. The number of hydrogen-bond donors (Lipinski definition) is 0. The van der Waals surface area contributed by atoms with Gasteiger partial charge in [0, 0.05) is 18.7 Å². The minimum absolute atomic E-state index is 0.0191. The minimum Gasteiger partial charge on any atom is -0.339 e. The molecule has 0 bridgehead atoms. The van der Waals surface area contributed by atoms with E-state index in [0.29, 0.717) is 18.7 Å². The van der Waals surface area contributed by atoms with Gasteiger partial charge in [0.05, 0.1) is 0 Å². The summed E-state index contributed by atoms with van der Waals surface area (Å²) in [5.74, 6) is 0.00235. The molecule has 0 aliphatic carbocycles. The summed E-state index contributed by atoms with van der Waals surface area (Å²) in [6, 6.07) is 0. The lowest BCUT2D eigenvalue weighted by atomic mass is 10.2. The molecule has 0 aromatic rings. The zero-order chi connectivity index (χ0) is 11.8. The van der Waals surface area contributed by atoms with E-state index in [1.165, 1.54) is 13.0 Å². The maximum Gasteiger partial charge on any atom is 0.249 e. The molecule has 0 rings (SSSR count). The van der Waals surface area contributed by atoms with E-state index in [0.717, 1.165) is 0 Å². The van der Waals surface area contributed by atoms with E-state index < -0.39 is 0 Å². The first-order valence-electron chi connectivity index (χ1n) is 5.17. The van der Waals surface area contributed by atoms with Gasteiger partial charge in [-0.2, -0.15) is 0 Å². The molecule has 0 unspecified atom stereocenters. The van der Waals surface area contributed by atoms with Gasteiger partial charge in [0.15, 0.2) is 5.78 Å². The number of nitrogens with zero attached hydrogens (tertiary/aromatic N) is 1. The van der Waals surface area contributed by atoms with Crippen LogP contribution in [-0.4, -0.2) is 29.7 Å². The zero-order valence-corrected chi connectivity index (χ0v) is 9.91. The van der Waals surface area contributed by atoms with E-state index >= 15 is 0 Å². The maximum absolute atomic E-state index is 11.7. The molecule has 0 aromatic carbocycles. The highest BCUT2D eigenvalue weighted by Gasteiger charge is 2.09. The standard InChI is InChI=1S/C12H19NO2/c1-5-13(6-2)12(15)10(3)8-7-9-11(4)14/h7-9H,5-6H2,1-4H3. The topological polar surface area (TPSA) is 37.4 Å². The number of ketones is 1. The first-order valence-corrected chi connectivity index (χ1v) is 5.17. The fraction of sp³-hybridized carbons (Fsp3) is 0.500. The molecule has 0 saturated heterocycles. The highest BCUT2D eigenvalue weighted by molar-refractivity contribution is 5.93. The Morgan fingerprint density at radius 2 is 1.67 bits per heavy atom. The quantitative estimate of drug-likeness (QED) is 0.512. The molecule has 0 N–H and O–H groups in total. The summed E-state index contributed by atoms with van der Waals surface area (Å²) in [5, 5.41) is 0. The van der Waals surface area contributed by atoms with Gasteiger partial charge in [0.1, 0.15) is 0 Å². The summed E-state index contributed by atoms with van der Waals surface area (Å²) in [6.45, 7) is 8.53. The van der Waals surface area contributed by atoms with Gasteiger partial charge < -0.3 is 4.90 Å². The fourth-order valence-corrected chi connectivity index (χ4v) is 1.16. The Hall–Kier alpha value is -1.38. The van der Waals surface area contributed by atoms with Crippen molar-refractivity contribution >= 4 is 11.7 Å². The molecule has 0 radical (unpaired) electrons. The molecule has 1 amide bonds. The number of hydrogen-bond acceptors (Lipinski definition) is 2. The van der Waals surface area contributed by atoms with Crippen LogP contribution in [-0.2, 0) is 9.59 Å². The van der Waals surface area contributed by atoms with Gasteiger partial charge in [-0.05, 0) is 33.8 Å². The second kappa shape index (κ2) is 6.98. The third-order valence-electron chi connectivity index (χ3n) is 2.07. The number of carbonyl (C=O) groups is 2. The molecule has 0 aromatic heterocycles. The summed E-state index contributed by atoms with van der Waals surface area (Å²) in [6.07, 6.45) is 4.72. The largest absolute Gasteiger partial charge is 0.339 e. The van der Waals surface area contributed by atoms with Crippen molar-refractivity contribution in [2.75, 3.05) is 13.1 Å². The molecule has 0 aliphatic heterocycles. The van der Waals surface area contributed by atoms with E-state index in [1.807, 2.05) is 13.8 Å². The molecule has 15 heavy (non-hydrogen) atoms. The smallest absolute Gasteiger partial charge is 0.249 e. The Kier molecular flexibility index (Phi) is 6.34. The van der Waals surface area contributed by atoms with Gasteiger partial charge in [-0.15, -0.1) is 0 Å². The number of likely N-dealkylation sites (N-methyl/N-ethyl adjacent to an activating group) is 1. The third kappa shape index (κ3) is 5.15. The number of amides is 1. The van der Waals surface area contributed by atoms with Crippen molar-refractivity contribution < 1.29 is 9.59 Å². The first kappa shape index (κ1) is 13.6. The van der Waals surface area contributed by atoms with Gasteiger partial charge >= 0.3 is 0 Å². The lowest BCUT2D eigenvalue weighted by molar-refractivity contribution is -0.126. The van der Waals surface area contributed by atoms with E-state index in [2.05, 4.69) is 0 Å². The van der Waals surface area contributed by atoms with Crippen molar-refractivity contribution in [1.82, 2.24) is 4.90 Å². The Morgan fingerprint density at radius 1 is 1.13 bits per heavy atom. The highest BCUT2D eigenvalue weighted by Crippen LogP contribution is 2.01. The van der Waals surface area contributed by atoms with Crippen LogP contribution in [0.2, 0.25) is 0 Å². The number of rotatable bonds is 5. The van der Waals surface area contributed by atoms with Crippen molar-refractivity contribution in [3.05, 3.63) is 23.8 Å². The molecule has 0 atom stereocenters. The molecular formula is C12H19NO2. The Balaban J connectivity index is 4.49. The van der Waals surface area contributed by atoms with Gasteiger partial charge in [-0.25, -0.2) is 0 Å². The average molecular weight is 209 g/mol. The van der Waals surface area contributed by atoms with Crippen LogP contribution in [0.1, 0.15) is 27.7 Å². The summed E-state index contributed by atoms with van der Waals surface area (Å²) in [5.41, 5.74) is 0.649. The van der Waals surface area contributed by atoms with E-state index in [9.17, 15) is 9.59 Å². The van der Waals surface area contributed by atoms with Crippen molar-refractivity contribution in [2.45, 2.75) is 27.7 Å². The second-order valence-electron chi connectivity index (χ2n) is 3.30. The predicted molar refractivity (Wildman–Crippen MR) is 61.5 cm³/mol. The minimum atomic E-state index is -0.0191. The summed E-state index contributed by atoms with van der Waals surface area (Å²) in [7, 11) is 0. The van der Waals surface area contributed by atoms with E-state index in [1.54, 1.807) is 24.0 Å². The van der Waals surface area contributed by atoms with Crippen LogP contribution in [0.25, 0.3) is 0 Å². The maximum atomic E-state index is 11.7. The fourth-order valence-electron chi connectivity index (χ4n) is 1.16. The van der Waals surface area contributed by atoms with Crippen LogP contribution in [0.15, 0.2) is 23.8 Å². The van der Waals surface area contributed by atoms with Gasteiger partial charge in [-0.3, -0.25) is 9.59 Å². The van der Waals surface area contributed by atoms with E-state index in [4.69, 9.17) is 0 Å². The SMILES string of the molecule is CCN(CC)C(=O)C(C)=CC=CC(C)=O. The second-order valence-corrected chi connectivity index (χ2v) is 3.30. The Labute approximate surface area is 91.5 Å². The van der Waals surface area contributed by atoms with Crippen LogP contribution >= 0.6 is 0 Å². The molecular weight excluding hydrogens is 190 g/mol. The van der Waals surface area contributed by atoms with Crippen LogP contribution < -0.4 is 0 Å². The summed E-state index contributed by atoms with van der Waals surface area (Å²) in [4.78, 5) is 24.1. The molecule has 0 fully saturated rings. The van der Waals surface area contributed by atoms with Crippen LogP contribution in [0.3, 0.4) is 0 Å². The Morgan fingerprint density at radius 3 is 2.07 bits per heavy atom. The van der Waals surface area contributed by atoms with Crippen LogP contribution in [0.5, 0.6) is 0 Å². The van der Waals surface area contributed by atoms with Crippen molar-refractivity contribution in [3.8, 4) is 0 Å². The summed E-state index contributed by atoms with van der Waals surface area (Å²) >= 11 is 0. The Bertz CT molecular complexity index is 286. The van der Waals surface area contributed by atoms with Crippen molar-refractivity contribution in [1.29, 1.82) is 0 Å². The lowest BCUT2D eigenvalue weighted by Crippen LogP contribution is -2.30. The molecule has 3 nitrogen and oxygen atoms in total. The van der Waals surface area contributed by atoms with Gasteiger partial charge in [0.2, 0.25) is 5.91 Å². The molecule has 84 valence electrons. The zero-order valence-electron chi connectivity index (χ0n) is 9.91. The third-order valence-corrected chi connectivity index (χ3v) is 2.07. The van der Waals surface area contributed by atoms with Crippen molar-refractivity contribution in [3.63, 3.8) is 0 Å². The first-order chi connectivity index (χ1) is 7.02. The van der Waals surface area contributed by atoms with E-state index in [-0.39, 0.29) is 11.7 Å². The molecule has 0 spiro atoms. The van der Waals surface area contributed by atoms with Crippen molar-refractivity contribution in [2.24, 2.45) is 0 Å². The van der Waals surface area contributed by atoms with Gasteiger partial charge in [-0.1, -0.05) is 12.2 Å².